The molecule has 96 valence electrons. The summed E-state index contributed by atoms with van der Waals surface area (Å²) in [5.74, 6) is 1.41. The van der Waals surface area contributed by atoms with Gasteiger partial charge in [-0.2, -0.15) is 11.8 Å². The predicted molar refractivity (Wildman–Crippen MR) is 74.1 cm³/mol. The van der Waals surface area contributed by atoms with Gasteiger partial charge in [-0.05, 0) is 31.4 Å². The van der Waals surface area contributed by atoms with Crippen molar-refractivity contribution in [3.8, 4) is 0 Å². The van der Waals surface area contributed by atoms with E-state index in [-0.39, 0.29) is 0 Å². The number of aliphatic hydroxyl groups is 1. The fourth-order valence-corrected chi connectivity index (χ4v) is 3.75. The largest absolute Gasteiger partial charge is 0.396 e. The van der Waals surface area contributed by atoms with Crippen molar-refractivity contribution >= 4 is 11.8 Å². The van der Waals surface area contributed by atoms with E-state index in [1.807, 2.05) is 0 Å². The molecule has 0 aliphatic carbocycles. The molecule has 1 unspecified atom stereocenters. The highest BCUT2D eigenvalue weighted by Crippen LogP contribution is 2.30. The zero-order valence-electron chi connectivity index (χ0n) is 10.6. The van der Waals surface area contributed by atoms with E-state index >= 15 is 0 Å². The summed E-state index contributed by atoms with van der Waals surface area (Å²) >= 11 is 2.20. The lowest BCUT2D eigenvalue weighted by molar-refractivity contribution is 0.282. The first-order valence-corrected chi connectivity index (χ1v) is 8.21. The molecule has 0 bridgehead atoms. The minimum Gasteiger partial charge on any atom is -0.396 e. The Hall–Kier alpha value is 0.310. The van der Waals surface area contributed by atoms with E-state index in [4.69, 9.17) is 5.11 Å². The third-order valence-electron chi connectivity index (χ3n) is 3.46. The van der Waals surface area contributed by atoms with Crippen LogP contribution in [0.1, 0.15) is 70.6 Å². The summed E-state index contributed by atoms with van der Waals surface area (Å²) in [4.78, 5) is 0. The van der Waals surface area contributed by atoms with Crippen molar-refractivity contribution in [3.63, 3.8) is 0 Å². The van der Waals surface area contributed by atoms with E-state index in [0.717, 1.165) is 11.7 Å². The van der Waals surface area contributed by atoms with Crippen molar-refractivity contribution in [3.05, 3.63) is 0 Å². The summed E-state index contributed by atoms with van der Waals surface area (Å²) in [6, 6.07) is 0. The molecule has 1 atom stereocenters. The highest BCUT2D eigenvalue weighted by molar-refractivity contribution is 8.00. The fourth-order valence-electron chi connectivity index (χ4n) is 2.42. The zero-order chi connectivity index (χ0) is 11.5. The van der Waals surface area contributed by atoms with Crippen LogP contribution in [0, 0.1) is 0 Å². The number of rotatable bonds is 10. The first kappa shape index (κ1) is 14.4. The molecule has 1 aliphatic heterocycles. The molecular weight excluding hydrogens is 216 g/mol. The molecule has 0 spiro atoms. The normalized spacial score (nSPS) is 20.4. The van der Waals surface area contributed by atoms with Gasteiger partial charge in [0.05, 0.1) is 0 Å². The molecule has 0 amide bonds. The molecule has 0 aromatic rings. The topological polar surface area (TPSA) is 20.2 Å². The molecule has 0 aromatic carbocycles. The molecule has 1 aliphatic rings. The van der Waals surface area contributed by atoms with Crippen molar-refractivity contribution < 1.29 is 5.11 Å². The van der Waals surface area contributed by atoms with Gasteiger partial charge in [0.2, 0.25) is 0 Å². The second kappa shape index (κ2) is 10.5. The summed E-state index contributed by atoms with van der Waals surface area (Å²) in [5.41, 5.74) is 0. The Morgan fingerprint density at radius 3 is 2.06 bits per heavy atom. The van der Waals surface area contributed by atoms with Gasteiger partial charge in [-0.15, -0.1) is 0 Å². The molecule has 2 heteroatoms. The van der Waals surface area contributed by atoms with E-state index in [0.29, 0.717) is 6.61 Å². The maximum absolute atomic E-state index is 8.64. The lowest BCUT2D eigenvalue weighted by Gasteiger charge is -2.07. The van der Waals surface area contributed by atoms with Crippen LogP contribution >= 0.6 is 11.8 Å². The third-order valence-corrected chi connectivity index (χ3v) is 4.93. The molecule has 16 heavy (non-hydrogen) atoms. The average Bonchev–Trinajstić information content (AvgIpc) is 2.80. The predicted octanol–water partition coefficient (Wildman–Crippen LogP) is 4.39. The summed E-state index contributed by atoms with van der Waals surface area (Å²) in [5, 5.41) is 9.64. The van der Waals surface area contributed by atoms with Gasteiger partial charge in [0.1, 0.15) is 0 Å². The second-order valence-corrected chi connectivity index (χ2v) is 6.38. The number of aliphatic hydroxyl groups excluding tert-OH is 1. The quantitative estimate of drug-likeness (QED) is 0.575. The molecule has 0 radical (unpaired) electrons. The molecule has 1 nitrogen and oxygen atoms in total. The molecule has 0 saturated carbocycles. The van der Waals surface area contributed by atoms with Crippen molar-refractivity contribution in [2.75, 3.05) is 12.4 Å². The first-order chi connectivity index (χ1) is 7.93. The number of unbranched alkanes of at least 4 members (excludes halogenated alkanes) is 7. The van der Waals surface area contributed by atoms with Crippen LogP contribution in [0.5, 0.6) is 0 Å². The van der Waals surface area contributed by atoms with Gasteiger partial charge in [-0.25, -0.2) is 0 Å². The van der Waals surface area contributed by atoms with Crippen molar-refractivity contribution in [1.29, 1.82) is 0 Å². The lowest BCUT2D eigenvalue weighted by Crippen LogP contribution is -1.95. The van der Waals surface area contributed by atoms with Crippen molar-refractivity contribution in [1.82, 2.24) is 0 Å². The van der Waals surface area contributed by atoms with E-state index in [9.17, 15) is 0 Å². The van der Waals surface area contributed by atoms with Crippen LogP contribution in [0.3, 0.4) is 0 Å². The summed E-state index contributed by atoms with van der Waals surface area (Å²) in [6.45, 7) is 0.374. The van der Waals surface area contributed by atoms with E-state index < -0.39 is 0 Å². The van der Waals surface area contributed by atoms with E-state index in [1.54, 1.807) is 0 Å². The molecule has 1 saturated heterocycles. The third kappa shape index (κ3) is 7.56. The smallest absolute Gasteiger partial charge is 0.0431 e. The van der Waals surface area contributed by atoms with Crippen LogP contribution in [0.4, 0.5) is 0 Å². The van der Waals surface area contributed by atoms with Gasteiger partial charge in [-0.3, -0.25) is 0 Å². The Labute approximate surface area is 105 Å². The molecule has 1 fully saturated rings. The standard InChI is InChI=1S/C14H28OS/c15-12-8-6-4-2-1-3-5-7-10-14-11-9-13-16-14/h14-15H,1-13H2. The van der Waals surface area contributed by atoms with Crippen LogP contribution in [0.2, 0.25) is 0 Å². The molecule has 1 heterocycles. The van der Waals surface area contributed by atoms with Gasteiger partial charge in [0.25, 0.3) is 0 Å². The maximum atomic E-state index is 8.64. The number of hydrogen-bond acceptors (Lipinski definition) is 2. The van der Waals surface area contributed by atoms with Crippen molar-refractivity contribution in [2.24, 2.45) is 0 Å². The van der Waals surface area contributed by atoms with E-state index in [2.05, 4.69) is 11.8 Å². The highest BCUT2D eigenvalue weighted by Gasteiger charge is 2.14. The van der Waals surface area contributed by atoms with E-state index in [1.165, 1.54) is 70.0 Å². The summed E-state index contributed by atoms with van der Waals surface area (Å²) in [6.07, 6.45) is 15.0. The second-order valence-electron chi connectivity index (χ2n) is 4.98. The summed E-state index contributed by atoms with van der Waals surface area (Å²) in [7, 11) is 0. The molecule has 0 aromatic heterocycles. The average molecular weight is 244 g/mol. The first-order valence-electron chi connectivity index (χ1n) is 7.16. The van der Waals surface area contributed by atoms with Crippen LogP contribution in [-0.4, -0.2) is 22.7 Å². The van der Waals surface area contributed by atoms with Gasteiger partial charge in [0.15, 0.2) is 0 Å². The molecule has 1 rings (SSSR count). The lowest BCUT2D eigenvalue weighted by atomic mass is 10.1. The van der Waals surface area contributed by atoms with Crippen molar-refractivity contribution in [2.45, 2.75) is 75.9 Å². The highest BCUT2D eigenvalue weighted by atomic mass is 32.2. The zero-order valence-corrected chi connectivity index (χ0v) is 11.4. The van der Waals surface area contributed by atoms with Gasteiger partial charge in [-0.1, -0.05) is 44.9 Å². The Morgan fingerprint density at radius 1 is 0.875 bits per heavy atom. The van der Waals surface area contributed by atoms with Gasteiger partial charge in [0, 0.05) is 11.9 Å². The van der Waals surface area contributed by atoms with Gasteiger partial charge >= 0.3 is 0 Å². The van der Waals surface area contributed by atoms with Crippen LogP contribution < -0.4 is 0 Å². The molecular formula is C14H28OS. The van der Waals surface area contributed by atoms with Crippen LogP contribution in [-0.2, 0) is 0 Å². The van der Waals surface area contributed by atoms with Crippen LogP contribution in [0.25, 0.3) is 0 Å². The monoisotopic (exact) mass is 244 g/mol. The number of hydrogen-bond donors (Lipinski definition) is 1. The number of thioether (sulfide) groups is 1. The Kier molecular flexibility index (Phi) is 9.40. The minimum absolute atomic E-state index is 0.374. The maximum Gasteiger partial charge on any atom is 0.0431 e. The Morgan fingerprint density at radius 2 is 1.50 bits per heavy atom. The van der Waals surface area contributed by atoms with Gasteiger partial charge < -0.3 is 5.11 Å². The molecule has 1 N–H and O–H groups in total. The Bertz CT molecular complexity index is 144. The SMILES string of the molecule is OCCCCCCCCCCC1CCCS1. The minimum atomic E-state index is 0.374. The Balaban J connectivity index is 1.71. The fraction of sp³-hybridized carbons (Fsp3) is 1.00. The van der Waals surface area contributed by atoms with Crippen LogP contribution in [0.15, 0.2) is 0 Å². The summed E-state index contributed by atoms with van der Waals surface area (Å²) < 4.78 is 0.